The summed E-state index contributed by atoms with van der Waals surface area (Å²) < 4.78 is 5.45. The smallest absolute Gasteiger partial charge is 0.270 e. The van der Waals surface area contributed by atoms with E-state index in [0.717, 1.165) is 33.0 Å². The van der Waals surface area contributed by atoms with Gasteiger partial charge in [-0.2, -0.15) is 0 Å². The number of aliphatic hydroxyl groups excluding tert-OH is 1. The minimum Gasteiger partial charge on any atom is -0.391 e. The van der Waals surface area contributed by atoms with Crippen LogP contribution < -0.4 is 5.32 Å². The van der Waals surface area contributed by atoms with Crippen LogP contribution in [0.15, 0.2) is 30.3 Å². The lowest BCUT2D eigenvalue weighted by Gasteiger charge is -2.28. The van der Waals surface area contributed by atoms with Crippen LogP contribution >= 0.6 is 11.3 Å². The van der Waals surface area contributed by atoms with Crippen LogP contribution in [-0.2, 0) is 17.7 Å². The van der Waals surface area contributed by atoms with Crippen molar-refractivity contribution in [2.45, 2.75) is 31.5 Å². The number of para-hydroxylation sites is 1. The Bertz CT molecular complexity index is 981. The number of aromatic nitrogens is 2. The van der Waals surface area contributed by atoms with Crippen LogP contribution in [0.25, 0.3) is 10.9 Å². The Kier molecular flexibility index (Phi) is 4.54. The van der Waals surface area contributed by atoms with E-state index >= 15 is 0 Å². The molecule has 1 saturated heterocycles. The molecule has 3 aromatic rings. The molecule has 8 heteroatoms. The number of carbonyl (C=O) groups is 1. The Morgan fingerprint density at radius 1 is 1.39 bits per heavy atom. The summed E-state index contributed by atoms with van der Waals surface area (Å²) in [5.41, 5.74) is 2.63. The normalized spacial score (nSPS) is 22.2. The number of rotatable bonds is 3. The Hall–Kier alpha value is -2.42. The van der Waals surface area contributed by atoms with Crippen molar-refractivity contribution in [1.29, 1.82) is 0 Å². The molecule has 2 atom stereocenters. The minimum absolute atomic E-state index is 0.0147. The fourth-order valence-electron chi connectivity index (χ4n) is 3.81. The molecule has 1 fully saturated rings. The largest absolute Gasteiger partial charge is 0.391 e. The third-order valence-corrected chi connectivity index (χ3v) is 6.42. The van der Waals surface area contributed by atoms with Gasteiger partial charge in [0, 0.05) is 35.4 Å². The van der Waals surface area contributed by atoms with E-state index in [1.807, 2.05) is 35.2 Å². The van der Waals surface area contributed by atoms with Crippen LogP contribution in [0.4, 0.5) is 5.13 Å². The summed E-state index contributed by atoms with van der Waals surface area (Å²) in [5.74, 6) is 0.0147. The first-order valence-corrected chi connectivity index (χ1v) is 10.4. The number of H-pyrrole nitrogens is 1. The summed E-state index contributed by atoms with van der Waals surface area (Å²) in [6.45, 7) is 2.29. The Morgan fingerprint density at radius 2 is 2.29 bits per heavy atom. The molecule has 4 heterocycles. The Labute approximate surface area is 166 Å². The van der Waals surface area contributed by atoms with E-state index in [2.05, 4.69) is 15.3 Å². The molecule has 0 saturated carbocycles. The van der Waals surface area contributed by atoms with Gasteiger partial charge in [0.2, 0.25) is 0 Å². The van der Waals surface area contributed by atoms with E-state index in [9.17, 15) is 9.90 Å². The number of thiazole rings is 1. The molecule has 0 radical (unpaired) electrons. The van der Waals surface area contributed by atoms with Crippen molar-refractivity contribution in [2.75, 3.05) is 25.1 Å². The van der Waals surface area contributed by atoms with Crippen LogP contribution in [0.1, 0.15) is 27.5 Å². The monoisotopic (exact) mass is 398 g/mol. The Morgan fingerprint density at radius 3 is 3.14 bits per heavy atom. The van der Waals surface area contributed by atoms with Crippen molar-refractivity contribution in [3.8, 4) is 0 Å². The minimum atomic E-state index is -0.422. The van der Waals surface area contributed by atoms with Gasteiger partial charge in [-0.1, -0.05) is 29.5 Å². The van der Waals surface area contributed by atoms with Gasteiger partial charge in [0.25, 0.3) is 5.91 Å². The highest BCUT2D eigenvalue weighted by Crippen LogP contribution is 2.30. The topological polar surface area (TPSA) is 90.5 Å². The van der Waals surface area contributed by atoms with Gasteiger partial charge in [-0.25, -0.2) is 4.98 Å². The van der Waals surface area contributed by atoms with Gasteiger partial charge in [-0.15, -0.1) is 0 Å². The first-order valence-electron chi connectivity index (χ1n) is 9.55. The molecule has 0 unspecified atom stereocenters. The van der Waals surface area contributed by atoms with E-state index in [1.54, 1.807) is 11.3 Å². The standard InChI is InChI=1S/C20H22N4O3S/c25-17-6-8-27-11-16(17)23-20-22-14-5-7-24(10-18(14)28-20)19(26)15-9-12-3-1-2-4-13(12)21-15/h1-4,9,16-17,21,25H,5-8,10-11H2,(H,22,23)/t16-,17-/m0/s1. The molecule has 0 spiro atoms. The predicted octanol–water partition coefficient (Wildman–Crippen LogP) is 2.38. The maximum Gasteiger partial charge on any atom is 0.270 e. The van der Waals surface area contributed by atoms with Crippen molar-refractivity contribution in [2.24, 2.45) is 0 Å². The molecule has 1 amide bonds. The third-order valence-electron chi connectivity index (χ3n) is 5.41. The zero-order valence-corrected chi connectivity index (χ0v) is 16.2. The summed E-state index contributed by atoms with van der Waals surface area (Å²) in [7, 11) is 0. The van der Waals surface area contributed by atoms with Gasteiger partial charge in [0.1, 0.15) is 5.69 Å². The second-order valence-electron chi connectivity index (χ2n) is 7.32. The number of fused-ring (bicyclic) bond motifs is 2. The summed E-state index contributed by atoms with van der Waals surface area (Å²) in [4.78, 5) is 23.8. The SMILES string of the molecule is O=C(c1cc2ccccc2[nH]1)N1CCc2nc(N[C@H]3COCC[C@@H]3O)sc2C1. The quantitative estimate of drug-likeness (QED) is 0.630. The van der Waals surface area contributed by atoms with Gasteiger partial charge < -0.3 is 25.0 Å². The molecule has 28 heavy (non-hydrogen) atoms. The maximum atomic E-state index is 13.0. The molecule has 7 nitrogen and oxygen atoms in total. The van der Waals surface area contributed by atoms with E-state index in [1.165, 1.54) is 0 Å². The highest BCUT2D eigenvalue weighted by Gasteiger charge is 2.28. The number of aliphatic hydroxyl groups is 1. The van der Waals surface area contributed by atoms with E-state index in [4.69, 9.17) is 4.74 Å². The first-order chi connectivity index (χ1) is 13.7. The fourth-order valence-corrected chi connectivity index (χ4v) is 4.90. The maximum absolute atomic E-state index is 13.0. The summed E-state index contributed by atoms with van der Waals surface area (Å²) in [5, 5.41) is 15.2. The number of nitrogens with one attached hydrogen (secondary N) is 2. The van der Waals surface area contributed by atoms with Gasteiger partial charge in [-0.05, 0) is 18.6 Å². The number of hydrogen-bond donors (Lipinski definition) is 3. The number of amides is 1. The predicted molar refractivity (Wildman–Crippen MR) is 108 cm³/mol. The van der Waals surface area contributed by atoms with Gasteiger partial charge in [0.15, 0.2) is 5.13 Å². The molecule has 0 aliphatic carbocycles. The highest BCUT2D eigenvalue weighted by molar-refractivity contribution is 7.15. The van der Waals surface area contributed by atoms with Gasteiger partial charge in [-0.3, -0.25) is 4.79 Å². The van der Waals surface area contributed by atoms with Crippen molar-refractivity contribution in [3.63, 3.8) is 0 Å². The average Bonchev–Trinajstić information content (AvgIpc) is 3.32. The number of benzene rings is 1. The summed E-state index contributed by atoms with van der Waals surface area (Å²) >= 11 is 1.56. The summed E-state index contributed by atoms with van der Waals surface area (Å²) in [6.07, 6.45) is 0.952. The molecule has 0 bridgehead atoms. The van der Waals surface area contributed by atoms with Crippen LogP contribution in [-0.4, -0.2) is 57.8 Å². The Balaban J connectivity index is 1.30. The first kappa shape index (κ1) is 17.7. The molecule has 3 N–H and O–H groups in total. The lowest BCUT2D eigenvalue weighted by Crippen LogP contribution is -2.42. The van der Waals surface area contributed by atoms with Gasteiger partial charge >= 0.3 is 0 Å². The molecular weight excluding hydrogens is 376 g/mol. The number of anilines is 1. The van der Waals surface area contributed by atoms with Crippen molar-refractivity contribution in [3.05, 3.63) is 46.6 Å². The third kappa shape index (κ3) is 3.28. The fraction of sp³-hybridized carbons (Fsp3) is 0.400. The van der Waals surface area contributed by atoms with Gasteiger partial charge in [0.05, 0.1) is 31.0 Å². The molecule has 2 aromatic heterocycles. The van der Waals surface area contributed by atoms with Crippen molar-refractivity contribution < 1.29 is 14.6 Å². The van der Waals surface area contributed by atoms with Crippen LogP contribution in [0.3, 0.4) is 0 Å². The van der Waals surface area contributed by atoms with E-state index in [-0.39, 0.29) is 11.9 Å². The molecule has 5 rings (SSSR count). The molecule has 2 aliphatic rings. The van der Waals surface area contributed by atoms with Crippen LogP contribution in [0.2, 0.25) is 0 Å². The second-order valence-corrected chi connectivity index (χ2v) is 8.40. The molecule has 1 aromatic carbocycles. The van der Waals surface area contributed by atoms with Crippen molar-refractivity contribution >= 4 is 33.3 Å². The number of hydrogen-bond acceptors (Lipinski definition) is 6. The van der Waals surface area contributed by atoms with Crippen LogP contribution in [0, 0.1) is 0 Å². The average molecular weight is 398 g/mol. The lowest BCUT2D eigenvalue weighted by molar-refractivity contribution is 0.00314. The number of carbonyl (C=O) groups excluding carboxylic acids is 1. The zero-order valence-electron chi connectivity index (χ0n) is 15.4. The second kappa shape index (κ2) is 7.20. The lowest BCUT2D eigenvalue weighted by atomic mass is 10.1. The molecule has 2 aliphatic heterocycles. The van der Waals surface area contributed by atoms with Crippen molar-refractivity contribution in [1.82, 2.24) is 14.9 Å². The number of aromatic amines is 1. The van der Waals surface area contributed by atoms with E-state index in [0.29, 0.717) is 38.4 Å². The highest BCUT2D eigenvalue weighted by atomic mass is 32.1. The number of ether oxygens (including phenoxy) is 1. The zero-order chi connectivity index (χ0) is 19.1. The number of nitrogens with zero attached hydrogens (tertiary/aromatic N) is 2. The van der Waals surface area contributed by atoms with E-state index < -0.39 is 6.10 Å². The summed E-state index contributed by atoms with van der Waals surface area (Å²) in [6, 6.07) is 9.69. The molecule has 146 valence electrons. The molecular formula is C20H22N4O3S. The van der Waals surface area contributed by atoms with Crippen LogP contribution in [0.5, 0.6) is 0 Å².